The monoisotopic (exact) mass is 211 g/mol. The lowest BCUT2D eigenvalue weighted by Gasteiger charge is -2.19. The second kappa shape index (κ2) is 3.10. The number of nitrogens with one attached hydrogen (secondary N) is 1. The number of aromatic nitrogens is 1. The van der Waals surface area contributed by atoms with Crippen LogP contribution in [-0.4, -0.2) is 23.2 Å². The smallest absolute Gasteiger partial charge is 0.184 e. The molecule has 5 heteroatoms. The summed E-state index contributed by atoms with van der Waals surface area (Å²) in [7, 11) is 0. The normalized spacial score (nSPS) is 35.0. The van der Waals surface area contributed by atoms with Crippen molar-refractivity contribution in [3.05, 3.63) is 6.20 Å². The van der Waals surface area contributed by atoms with Gasteiger partial charge in [-0.2, -0.15) is 0 Å². The van der Waals surface area contributed by atoms with E-state index in [1.807, 2.05) is 0 Å². The standard InChI is InChI=1S/C9H13N3OS/c10-8-4-11-9(14-8)12-6-3-5-1-2-7(6)13-5/h4-7H,1-3,10H2,(H,11,12). The van der Waals surface area contributed by atoms with Crippen molar-refractivity contribution in [2.45, 2.75) is 37.5 Å². The quantitative estimate of drug-likeness (QED) is 0.777. The summed E-state index contributed by atoms with van der Waals surface area (Å²) in [5.74, 6) is 0. The molecule has 0 aliphatic carbocycles. The van der Waals surface area contributed by atoms with E-state index in [2.05, 4.69) is 10.3 Å². The van der Waals surface area contributed by atoms with Crippen molar-refractivity contribution in [1.29, 1.82) is 0 Å². The van der Waals surface area contributed by atoms with E-state index in [0.717, 1.165) is 16.6 Å². The number of nitrogens with zero attached hydrogens (tertiary/aromatic N) is 1. The maximum atomic E-state index is 5.75. The largest absolute Gasteiger partial charge is 0.389 e. The molecule has 0 spiro atoms. The molecule has 0 radical (unpaired) electrons. The molecule has 3 heterocycles. The zero-order valence-electron chi connectivity index (χ0n) is 7.77. The fraction of sp³-hybridized carbons (Fsp3) is 0.667. The zero-order valence-corrected chi connectivity index (χ0v) is 8.59. The summed E-state index contributed by atoms with van der Waals surface area (Å²) >= 11 is 1.50. The fourth-order valence-electron chi connectivity index (χ4n) is 2.30. The molecule has 3 unspecified atom stereocenters. The van der Waals surface area contributed by atoms with E-state index in [1.54, 1.807) is 6.20 Å². The van der Waals surface area contributed by atoms with E-state index in [1.165, 1.54) is 24.2 Å². The molecule has 2 aliphatic heterocycles. The van der Waals surface area contributed by atoms with Crippen LogP contribution in [0, 0.1) is 0 Å². The summed E-state index contributed by atoms with van der Waals surface area (Å²) in [6.07, 6.45) is 6.09. The molecule has 2 bridgehead atoms. The van der Waals surface area contributed by atoms with Crippen LogP contribution in [0.1, 0.15) is 19.3 Å². The lowest BCUT2D eigenvalue weighted by molar-refractivity contribution is 0.102. The Morgan fingerprint density at radius 3 is 3.07 bits per heavy atom. The summed E-state index contributed by atoms with van der Waals surface area (Å²) in [6.45, 7) is 0. The van der Waals surface area contributed by atoms with E-state index >= 15 is 0 Å². The Hall–Kier alpha value is -0.810. The minimum absolute atomic E-state index is 0.394. The molecule has 0 aromatic carbocycles. The maximum Gasteiger partial charge on any atom is 0.184 e. The Labute approximate surface area is 86.5 Å². The first-order valence-electron chi connectivity index (χ1n) is 4.94. The number of nitrogens with two attached hydrogens (primary N) is 1. The topological polar surface area (TPSA) is 60.2 Å². The van der Waals surface area contributed by atoms with Gasteiger partial charge in [-0.25, -0.2) is 4.98 Å². The maximum absolute atomic E-state index is 5.75. The lowest BCUT2D eigenvalue weighted by atomic mass is 9.96. The molecule has 3 N–H and O–H groups in total. The average Bonchev–Trinajstić information content (AvgIpc) is 2.82. The summed E-state index contributed by atoms with van der Waals surface area (Å²) in [5.41, 5.74) is 5.61. The van der Waals surface area contributed by atoms with Crippen molar-refractivity contribution in [1.82, 2.24) is 4.98 Å². The second-order valence-electron chi connectivity index (χ2n) is 3.93. The summed E-state index contributed by atoms with van der Waals surface area (Å²) < 4.78 is 5.75. The minimum atomic E-state index is 0.394. The van der Waals surface area contributed by atoms with Crippen molar-refractivity contribution in [2.75, 3.05) is 11.1 Å². The lowest BCUT2D eigenvalue weighted by Crippen LogP contribution is -2.30. The van der Waals surface area contributed by atoms with Gasteiger partial charge in [0.25, 0.3) is 0 Å². The van der Waals surface area contributed by atoms with E-state index in [9.17, 15) is 0 Å². The van der Waals surface area contributed by atoms with E-state index in [4.69, 9.17) is 10.5 Å². The first-order chi connectivity index (χ1) is 6.81. The van der Waals surface area contributed by atoms with Crippen molar-refractivity contribution < 1.29 is 4.74 Å². The first kappa shape index (κ1) is 8.49. The highest BCUT2D eigenvalue weighted by Gasteiger charge is 2.40. The van der Waals surface area contributed by atoms with Gasteiger partial charge in [0.2, 0.25) is 0 Å². The van der Waals surface area contributed by atoms with Gasteiger partial charge in [0, 0.05) is 0 Å². The van der Waals surface area contributed by atoms with Crippen LogP contribution in [0.25, 0.3) is 0 Å². The van der Waals surface area contributed by atoms with Crippen molar-refractivity contribution in [3.8, 4) is 0 Å². The average molecular weight is 211 g/mol. The van der Waals surface area contributed by atoms with Gasteiger partial charge in [0.1, 0.15) is 5.00 Å². The molecule has 14 heavy (non-hydrogen) atoms. The van der Waals surface area contributed by atoms with E-state index in [0.29, 0.717) is 18.2 Å². The number of rotatable bonds is 2. The highest BCUT2D eigenvalue weighted by Crippen LogP contribution is 2.36. The molecule has 2 aliphatic rings. The van der Waals surface area contributed by atoms with E-state index in [-0.39, 0.29) is 0 Å². The van der Waals surface area contributed by atoms with Crippen LogP contribution >= 0.6 is 11.3 Å². The summed E-state index contributed by atoms with van der Waals surface area (Å²) in [6, 6.07) is 0.444. The predicted molar refractivity (Wildman–Crippen MR) is 56.4 cm³/mol. The molecule has 1 aromatic rings. The van der Waals surface area contributed by atoms with Crippen LogP contribution in [0.3, 0.4) is 0 Å². The highest BCUT2D eigenvalue weighted by molar-refractivity contribution is 7.19. The second-order valence-corrected chi connectivity index (χ2v) is 4.99. The Morgan fingerprint density at radius 1 is 1.57 bits per heavy atom. The molecule has 4 nitrogen and oxygen atoms in total. The van der Waals surface area contributed by atoms with Crippen LogP contribution in [0.4, 0.5) is 10.1 Å². The summed E-state index contributed by atoms with van der Waals surface area (Å²) in [5, 5.41) is 5.08. The van der Waals surface area contributed by atoms with Crippen LogP contribution in [-0.2, 0) is 4.74 Å². The van der Waals surface area contributed by atoms with Crippen LogP contribution < -0.4 is 11.1 Å². The number of ether oxygens (including phenoxy) is 1. The first-order valence-corrected chi connectivity index (χ1v) is 5.76. The van der Waals surface area contributed by atoms with Crippen molar-refractivity contribution in [2.24, 2.45) is 0 Å². The molecule has 2 fully saturated rings. The van der Waals surface area contributed by atoms with Gasteiger partial charge in [-0.15, -0.1) is 0 Å². The molecule has 1 aromatic heterocycles. The van der Waals surface area contributed by atoms with Gasteiger partial charge in [0.15, 0.2) is 5.13 Å². The molecule has 0 amide bonds. The Morgan fingerprint density at radius 2 is 2.50 bits per heavy atom. The summed E-state index contributed by atoms with van der Waals surface area (Å²) in [4.78, 5) is 4.19. The van der Waals surface area contributed by atoms with Gasteiger partial charge in [-0.3, -0.25) is 0 Å². The van der Waals surface area contributed by atoms with Crippen molar-refractivity contribution in [3.63, 3.8) is 0 Å². The third kappa shape index (κ3) is 1.36. The van der Waals surface area contributed by atoms with Gasteiger partial charge < -0.3 is 15.8 Å². The Bertz CT molecular complexity index is 341. The molecular formula is C9H13N3OS. The van der Waals surface area contributed by atoms with Crippen LogP contribution in [0.2, 0.25) is 0 Å². The fourth-order valence-corrected chi connectivity index (χ4v) is 2.95. The molecular weight excluding hydrogens is 198 g/mol. The predicted octanol–water partition coefficient (Wildman–Crippen LogP) is 1.46. The Balaban J connectivity index is 1.68. The number of hydrogen-bond donors (Lipinski definition) is 2. The van der Waals surface area contributed by atoms with Gasteiger partial charge >= 0.3 is 0 Å². The van der Waals surface area contributed by atoms with E-state index < -0.39 is 0 Å². The third-order valence-corrected chi connectivity index (χ3v) is 3.70. The minimum Gasteiger partial charge on any atom is -0.389 e. The van der Waals surface area contributed by atoms with Crippen LogP contribution in [0.5, 0.6) is 0 Å². The third-order valence-electron chi connectivity index (χ3n) is 2.94. The zero-order chi connectivity index (χ0) is 9.54. The number of anilines is 2. The van der Waals surface area contributed by atoms with Crippen LogP contribution in [0.15, 0.2) is 6.20 Å². The van der Waals surface area contributed by atoms with Gasteiger partial charge in [0.05, 0.1) is 24.4 Å². The number of fused-ring (bicyclic) bond motifs is 2. The molecule has 0 saturated carbocycles. The molecule has 3 rings (SSSR count). The molecule has 76 valence electrons. The Kier molecular flexibility index (Phi) is 1.88. The van der Waals surface area contributed by atoms with Gasteiger partial charge in [-0.1, -0.05) is 11.3 Å². The van der Waals surface area contributed by atoms with Gasteiger partial charge in [-0.05, 0) is 19.3 Å². The molecule has 2 saturated heterocycles. The number of nitrogen functional groups attached to an aromatic ring is 1. The highest BCUT2D eigenvalue weighted by atomic mass is 32.1. The number of thiazole rings is 1. The molecule has 3 atom stereocenters. The van der Waals surface area contributed by atoms with Crippen molar-refractivity contribution >= 4 is 21.5 Å². The SMILES string of the molecule is Nc1cnc(NC2CC3CCC2O3)s1. The number of hydrogen-bond acceptors (Lipinski definition) is 5.